The molecule has 2 N–H and O–H groups in total. The maximum absolute atomic E-state index is 5.98. The summed E-state index contributed by atoms with van der Waals surface area (Å²) in [6.07, 6.45) is 4.18. The van der Waals surface area contributed by atoms with Gasteiger partial charge in [-0.05, 0) is 31.9 Å². The van der Waals surface area contributed by atoms with Crippen molar-refractivity contribution in [3.63, 3.8) is 0 Å². The quantitative estimate of drug-likeness (QED) is 0.895. The third-order valence-corrected chi connectivity index (χ3v) is 3.66. The Morgan fingerprint density at radius 3 is 2.53 bits per heavy atom. The van der Waals surface area contributed by atoms with Crippen LogP contribution in [0.2, 0.25) is 0 Å². The van der Waals surface area contributed by atoms with Gasteiger partial charge in [0.15, 0.2) is 0 Å². The van der Waals surface area contributed by atoms with Gasteiger partial charge in [0.05, 0.1) is 5.69 Å². The fourth-order valence-corrected chi connectivity index (χ4v) is 2.59. The monoisotopic (exact) mass is 256 g/mol. The van der Waals surface area contributed by atoms with Gasteiger partial charge in [0, 0.05) is 31.0 Å². The Labute approximate surface area is 113 Å². The van der Waals surface area contributed by atoms with Crippen molar-refractivity contribution >= 4 is 5.95 Å². The first-order valence-electron chi connectivity index (χ1n) is 6.86. The Morgan fingerprint density at radius 2 is 1.84 bits per heavy atom. The third-order valence-electron chi connectivity index (χ3n) is 3.66. The van der Waals surface area contributed by atoms with E-state index >= 15 is 0 Å². The maximum atomic E-state index is 5.98. The highest BCUT2D eigenvalue weighted by Crippen LogP contribution is 2.22. The second kappa shape index (κ2) is 5.05. The van der Waals surface area contributed by atoms with E-state index in [0.29, 0.717) is 6.04 Å². The van der Waals surface area contributed by atoms with E-state index in [1.54, 1.807) is 0 Å². The van der Waals surface area contributed by atoms with Crippen LogP contribution >= 0.6 is 0 Å². The number of rotatable bonds is 2. The van der Waals surface area contributed by atoms with Gasteiger partial charge in [0.25, 0.3) is 0 Å². The van der Waals surface area contributed by atoms with Gasteiger partial charge < -0.3 is 10.6 Å². The van der Waals surface area contributed by atoms with Crippen molar-refractivity contribution in [1.29, 1.82) is 0 Å². The van der Waals surface area contributed by atoms with Crippen LogP contribution in [0.1, 0.15) is 18.5 Å². The second-order valence-electron chi connectivity index (χ2n) is 5.21. The molecule has 1 saturated heterocycles. The number of para-hydroxylation sites is 1. The Hall–Kier alpha value is -1.81. The Bertz CT molecular complexity index is 539. The summed E-state index contributed by atoms with van der Waals surface area (Å²) < 4.78 is 2.17. The maximum Gasteiger partial charge on any atom is 0.210 e. The molecule has 0 atom stereocenters. The first-order valence-corrected chi connectivity index (χ1v) is 6.86. The van der Waals surface area contributed by atoms with Crippen molar-refractivity contribution in [2.45, 2.75) is 25.8 Å². The number of benzene rings is 1. The Morgan fingerprint density at radius 1 is 1.16 bits per heavy atom. The van der Waals surface area contributed by atoms with Crippen LogP contribution in [0.3, 0.4) is 0 Å². The molecule has 2 heterocycles. The molecule has 0 saturated carbocycles. The van der Waals surface area contributed by atoms with Gasteiger partial charge in [-0.2, -0.15) is 0 Å². The van der Waals surface area contributed by atoms with Crippen LogP contribution in [-0.2, 0) is 0 Å². The lowest BCUT2D eigenvalue weighted by molar-refractivity contribution is 0.494. The number of anilines is 1. The smallest absolute Gasteiger partial charge is 0.210 e. The van der Waals surface area contributed by atoms with Crippen LogP contribution in [0.15, 0.2) is 36.5 Å². The summed E-state index contributed by atoms with van der Waals surface area (Å²) in [6, 6.07) is 10.7. The Balaban J connectivity index is 1.94. The van der Waals surface area contributed by atoms with Crippen LogP contribution in [0.4, 0.5) is 5.95 Å². The molecule has 1 aliphatic rings. The molecule has 1 aliphatic heterocycles. The lowest BCUT2D eigenvalue weighted by Gasteiger charge is -2.31. The van der Waals surface area contributed by atoms with E-state index in [4.69, 9.17) is 5.73 Å². The topological polar surface area (TPSA) is 47.1 Å². The molecule has 0 bridgehead atoms. The van der Waals surface area contributed by atoms with E-state index in [1.165, 1.54) is 0 Å². The van der Waals surface area contributed by atoms with E-state index in [2.05, 4.69) is 44.9 Å². The molecule has 19 heavy (non-hydrogen) atoms. The molecule has 0 aliphatic carbocycles. The van der Waals surface area contributed by atoms with Gasteiger partial charge in [-0.3, -0.25) is 4.57 Å². The molecule has 100 valence electrons. The average Bonchev–Trinajstić information content (AvgIpc) is 2.83. The molecule has 0 radical (unpaired) electrons. The van der Waals surface area contributed by atoms with Crippen LogP contribution in [0, 0.1) is 6.92 Å². The minimum atomic E-state index is 0.345. The molecule has 1 fully saturated rings. The second-order valence-corrected chi connectivity index (χ2v) is 5.21. The molecule has 4 heteroatoms. The number of nitrogens with two attached hydrogens (primary N) is 1. The van der Waals surface area contributed by atoms with Crippen LogP contribution in [-0.4, -0.2) is 28.7 Å². The number of piperidine rings is 1. The zero-order chi connectivity index (χ0) is 13.2. The van der Waals surface area contributed by atoms with Crippen LogP contribution in [0.5, 0.6) is 0 Å². The average molecular weight is 256 g/mol. The van der Waals surface area contributed by atoms with Crippen LogP contribution in [0.25, 0.3) is 5.69 Å². The summed E-state index contributed by atoms with van der Waals surface area (Å²) in [5.74, 6) is 1.04. The largest absolute Gasteiger partial charge is 0.342 e. The van der Waals surface area contributed by atoms with Crippen molar-refractivity contribution in [3.8, 4) is 5.69 Å². The summed E-state index contributed by atoms with van der Waals surface area (Å²) in [5.41, 5.74) is 8.19. The molecule has 2 aromatic rings. The summed E-state index contributed by atoms with van der Waals surface area (Å²) in [6.45, 7) is 4.02. The van der Waals surface area contributed by atoms with E-state index in [0.717, 1.165) is 43.3 Å². The highest BCUT2D eigenvalue weighted by Gasteiger charge is 2.20. The molecule has 1 aromatic heterocycles. The van der Waals surface area contributed by atoms with E-state index in [9.17, 15) is 0 Å². The van der Waals surface area contributed by atoms with Gasteiger partial charge in [-0.25, -0.2) is 4.98 Å². The molecule has 4 nitrogen and oxygen atoms in total. The van der Waals surface area contributed by atoms with Crippen molar-refractivity contribution in [1.82, 2.24) is 9.55 Å². The highest BCUT2D eigenvalue weighted by molar-refractivity contribution is 5.45. The fraction of sp³-hybridized carbons (Fsp3) is 0.400. The minimum absolute atomic E-state index is 0.345. The van der Waals surface area contributed by atoms with E-state index in [1.807, 2.05) is 13.0 Å². The van der Waals surface area contributed by atoms with Crippen molar-refractivity contribution in [2.24, 2.45) is 5.73 Å². The first kappa shape index (κ1) is 12.2. The number of hydrogen-bond acceptors (Lipinski definition) is 3. The minimum Gasteiger partial charge on any atom is -0.342 e. The lowest BCUT2D eigenvalue weighted by atomic mass is 10.1. The molecule has 3 rings (SSSR count). The normalized spacial score (nSPS) is 16.8. The number of aryl methyl sites for hydroxylation is 1. The third kappa shape index (κ3) is 2.49. The predicted molar refractivity (Wildman–Crippen MR) is 77.7 cm³/mol. The van der Waals surface area contributed by atoms with Gasteiger partial charge in [0.1, 0.15) is 0 Å². The number of hydrogen-bond donors (Lipinski definition) is 1. The van der Waals surface area contributed by atoms with E-state index < -0.39 is 0 Å². The van der Waals surface area contributed by atoms with Crippen molar-refractivity contribution < 1.29 is 0 Å². The van der Waals surface area contributed by atoms with Gasteiger partial charge >= 0.3 is 0 Å². The number of nitrogens with zero attached hydrogens (tertiary/aromatic N) is 3. The van der Waals surface area contributed by atoms with E-state index in [-0.39, 0.29) is 0 Å². The molecule has 1 aromatic carbocycles. The fourth-order valence-electron chi connectivity index (χ4n) is 2.59. The van der Waals surface area contributed by atoms with Crippen LogP contribution < -0.4 is 10.6 Å². The number of aromatic nitrogens is 2. The van der Waals surface area contributed by atoms with Gasteiger partial charge in [-0.15, -0.1) is 0 Å². The molecule has 0 amide bonds. The standard InChI is InChI=1S/C15H20N4/c1-12-11-19(14-5-3-2-4-6-14)15(17-12)18-9-7-13(16)8-10-18/h2-6,11,13H,7-10,16H2,1H3. The first-order chi connectivity index (χ1) is 9.24. The van der Waals surface area contributed by atoms with Crippen molar-refractivity contribution in [2.75, 3.05) is 18.0 Å². The molecular weight excluding hydrogens is 236 g/mol. The zero-order valence-corrected chi connectivity index (χ0v) is 11.3. The SMILES string of the molecule is Cc1cn(-c2ccccc2)c(N2CCC(N)CC2)n1. The van der Waals surface area contributed by atoms with Crippen molar-refractivity contribution in [3.05, 3.63) is 42.2 Å². The predicted octanol–water partition coefficient (Wildman–Crippen LogP) is 2.11. The Kier molecular flexibility index (Phi) is 3.25. The lowest BCUT2D eigenvalue weighted by Crippen LogP contribution is -2.40. The zero-order valence-electron chi connectivity index (χ0n) is 11.3. The highest BCUT2D eigenvalue weighted by atomic mass is 15.3. The summed E-state index contributed by atoms with van der Waals surface area (Å²) in [4.78, 5) is 7.02. The van der Waals surface area contributed by atoms with Gasteiger partial charge in [-0.1, -0.05) is 18.2 Å². The molecule has 0 spiro atoms. The summed E-state index contributed by atoms with van der Waals surface area (Å²) in [7, 11) is 0. The van der Waals surface area contributed by atoms with Gasteiger partial charge in [0.2, 0.25) is 5.95 Å². The number of imidazole rings is 1. The molecular formula is C15H20N4. The summed E-state index contributed by atoms with van der Waals surface area (Å²) >= 11 is 0. The molecule has 0 unspecified atom stereocenters. The summed E-state index contributed by atoms with van der Waals surface area (Å²) in [5, 5.41) is 0.